The molecule has 2 heterocycles. The molecule has 47 heavy (non-hydrogen) atoms. The zero-order valence-electron chi connectivity index (χ0n) is 26.7. The number of benzene rings is 1. The van der Waals surface area contributed by atoms with Crippen molar-refractivity contribution in [1.82, 2.24) is 10.2 Å². The Balaban J connectivity index is 1.09. The number of nitrogens with zero attached hydrogens (tertiary/aromatic N) is 1. The fraction of sp³-hybridized carbons (Fsp3) is 0.677. The summed E-state index contributed by atoms with van der Waals surface area (Å²) in [6.07, 6.45) is 0.168. The van der Waals surface area contributed by atoms with Gasteiger partial charge in [-0.1, -0.05) is 6.07 Å². The molecule has 3 rings (SSSR count). The van der Waals surface area contributed by atoms with Gasteiger partial charge < -0.3 is 43.2 Å². The molecule has 0 radical (unpaired) electrons. The lowest BCUT2D eigenvalue weighted by Crippen LogP contribution is -2.54. The van der Waals surface area contributed by atoms with E-state index in [4.69, 9.17) is 37.9 Å². The normalized spacial score (nSPS) is 16.2. The van der Waals surface area contributed by atoms with Crippen molar-refractivity contribution >= 4 is 29.3 Å². The number of halogens is 1. The number of rotatable bonds is 28. The summed E-state index contributed by atoms with van der Waals surface area (Å²) in [5.74, 6) is -2.18. The molecular formula is C31H46FN3O12. The third kappa shape index (κ3) is 13.9. The Bertz CT molecular complexity index is 1110. The second-order valence-corrected chi connectivity index (χ2v) is 10.2. The Morgan fingerprint density at radius 3 is 1.60 bits per heavy atom. The molecule has 15 nitrogen and oxygen atoms in total. The van der Waals surface area contributed by atoms with Gasteiger partial charge in [0, 0.05) is 18.7 Å². The number of anilines is 1. The van der Waals surface area contributed by atoms with E-state index in [0.717, 1.165) is 4.90 Å². The van der Waals surface area contributed by atoms with Gasteiger partial charge in [0.15, 0.2) is 0 Å². The molecule has 0 bridgehead atoms. The van der Waals surface area contributed by atoms with E-state index < -0.39 is 36.3 Å². The third-order valence-electron chi connectivity index (χ3n) is 6.86. The lowest BCUT2D eigenvalue weighted by molar-refractivity contribution is -0.136. The minimum Gasteiger partial charge on any atom is -0.382 e. The van der Waals surface area contributed by atoms with Crippen LogP contribution in [0.1, 0.15) is 33.6 Å². The summed E-state index contributed by atoms with van der Waals surface area (Å²) < 4.78 is 54.8. The fourth-order valence-electron chi connectivity index (χ4n) is 4.62. The highest BCUT2D eigenvalue weighted by Crippen LogP contribution is 2.32. The number of fused-ring (bicyclic) bond motifs is 1. The summed E-state index contributed by atoms with van der Waals surface area (Å²) in [5.41, 5.74) is 0.900. The Labute approximate surface area is 273 Å². The van der Waals surface area contributed by atoms with Gasteiger partial charge in [0.2, 0.25) is 11.8 Å². The zero-order chi connectivity index (χ0) is 33.5. The van der Waals surface area contributed by atoms with Crippen molar-refractivity contribution in [1.29, 1.82) is 0 Å². The van der Waals surface area contributed by atoms with Gasteiger partial charge >= 0.3 is 0 Å². The molecule has 4 amide bonds. The predicted octanol–water partition coefficient (Wildman–Crippen LogP) is 0.602. The van der Waals surface area contributed by atoms with E-state index in [1.807, 2.05) is 0 Å². The molecule has 2 aliphatic rings. The van der Waals surface area contributed by atoms with E-state index in [1.165, 1.54) is 0 Å². The minimum absolute atomic E-state index is 0.0649. The average molecular weight is 672 g/mol. The number of carbonyl (C=O) groups excluding carboxylic acids is 4. The van der Waals surface area contributed by atoms with Crippen molar-refractivity contribution in [3.05, 3.63) is 29.3 Å². The first kappa shape index (κ1) is 38.4. The van der Waals surface area contributed by atoms with Gasteiger partial charge in [-0.3, -0.25) is 29.4 Å². The number of imide groups is 2. The van der Waals surface area contributed by atoms with Crippen molar-refractivity contribution in [3.8, 4) is 0 Å². The van der Waals surface area contributed by atoms with Crippen molar-refractivity contribution in [2.75, 3.05) is 124 Å². The number of amides is 4. The SMILES string of the molecule is O=C1CCC(N2C(=O)c3cccc(NCCOCCOCCOCCOCCOCCOCCOCCOCCF)c3C2=O)C(=O)N1. The van der Waals surface area contributed by atoms with Crippen LogP contribution in [0.4, 0.5) is 10.1 Å². The quantitative estimate of drug-likeness (QED) is 0.0940. The van der Waals surface area contributed by atoms with E-state index in [9.17, 15) is 23.6 Å². The summed E-state index contributed by atoms with van der Waals surface area (Å²) in [4.78, 5) is 50.7. The number of hydrogen-bond acceptors (Lipinski definition) is 13. The van der Waals surface area contributed by atoms with Crippen LogP contribution in [-0.4, -0.2) is 153 Å². The molecule has 1 aromatic carbocycles. The van der Waals surface area contributed by atoms with Gasteiger partial charge in [0.05, 0.1) is 117 Å². The molecule has 0 aromatic heterocycles. The second kappa shape index (κ2) is 23.3. The third-order valence-corrected chi connectivity index (χ3v) is 6.86. The van der Waals surface area contributed by atoms with Crippen LogP contribution in [-0.2, 0) is 47.5 Å². The number of piperidine rings is 1. The van der Waals surface area contributed by atoms with Gasteiger partial charge in [0.1, 0.15) is 12.7 Å². The molecule has 16 heteroatoms. The molecule has 1 atom stereocenters. The molecule has 1 saturated heterocycles. The average Bonchev–Trinajstić information content (AvgIpc) is 3.32. The van der Waals surface area contributed by atoms with Gasteiger partial charge in [-0.05, 0) is 18.6 Å². The van der Waals surface area contributed by atoms with E-state index in [-0.39, 0.29) is 30.6 Å². The number of ether oxygens (including phenoxy) is 8. The lowest BCUT2D eigenvalue weighted by Gasteiger charge is -2.27. The maximum atomic E-state index is 13.1. The van der Waals surface area contributed by atoms with Crippen molar-refractivity contribution < 1.29 is 61.5 Å². The maximum Gasteiger partial charge on any atom is 0.264 e. The summed E-state index contributed by atoms with van der Waals surface area (Å²) >= 11 is 0. The zero-order valence-corrected chi connectivity index (χ0v) is 26.7. The Kier molecular flexibility index (Phi) is 19.0. The molecule has 264 valence electrons. The van der Waals surface area contributed by atoms with Crippen LogP contribution in [0.15, 0.2) is 18.2 Å². The van der Waals surface area contributed by atoms with E-state index in [0.29, 0.717) is 111 Å². The predicted molar refractivity (Wildman–Crippen MR) is 164 cm³/mol. The fourth-order valence-corrected chi connectivity index (χ4v) is 4.62. The first-order valence-electron chi connectivity index (χ1n) is 15.8. The minimum atomic E-state index is -1.01. The molecule has 1 fully saturated rings. The van der Waals surface area contributed by atoms with Crippen LogP contribution >= 0.6 is 0 Å². The largest absolute Gasteiger partial charge is 0.382 e. The van der Waals surface area contributed by atoms with Crippen LogP contribution in [0.2, 0.25) is 0 Å². The van der Waals surface area contributed by atoms with Crippen LogP contribution in [0.5, 0.6) is 0 Å². The van der Waals surface area contributed by atoms with Crippen LogP contribution in [0, 0.1) is 0 Å². The van der Waals surface area contributed by atoms with Crippen LogP contribution in [0.3, 0.4) is 0 Å². The number of alkyl halides is 1. The molecular weight excluding hydrogens is 625 g/mol. The highest BCUT2D eigenvalue weighted by Gasteiger charge is 2.45. The van der Waals surface area contributed by atoms with E-state index >= 15 is 0 Å². The summed E-state index contributed by atoms with van der Waals surface area (Å²) in [6, 6.07) is 3.89. The Hall–Kier alpha value is -3.09. The van der Waals surface area contributed by atoms with Crippen LogP contribution < -0.4 is 10.6 Å². The topological polar surface area (TPSA) is 169 Å². The Morgan fingerprint density at radius 1 is 0.660 bits per heavy atom. The lowest BCUT2D eigenvalue weighted by atomic mass is 10.0. The van der Waals surface area contributed by atoms with Gasteiger partial charge in [-0.15, -0.1) is 0 Å². The van der Waals surface area contributed by atoms with Crippen molar-refractivity contribution in [2.24, 2.45) is 0 Å². The second-order valence-electron chi connectivity index (χ2n) is 10.2. The van der Waals surface area contributed by atoms with Gasteiger partial charge in [-0.2, -0.15) is 0 Å². The first-order chi connectivity index (χ1) is 23.0. The maximum absolute atomic E-state index is 13.1. The summed E-state index contributed by atoms with van der Waals surface area (Å²) in [5, 5.41) is 5.32. The number of carbonyl (C=O) groups is 4. The molecule has 1 unspecified atom stereocenters. The standard InChI is InChI=1S/C31H46FN3O12/c32-6-8-40-10-12-42-14-16-44-18-20-46-22-23-47-21-19-45-17-15-43-13-11-41-9-7-33-25-3-1-2-24-28(25)31(39)35(30(24)38)26-4-5-27(36)34-29(26)37/h1-3,26,33H,4-23H2,(H,34,36,37). The molecule has 2 aliphatic heterocycles. The molecule has 0 aliphatic carbocycles. The summed E-state index contributed by atoms with van der Waals surface area (Å²) in [6.45, 7) is 6.34. The molecule has 0 saturated carbocycles. The number of hydrogen-bond donors (Lipinski definition) is 2. The molecule has 2 N–H and O–H groups in total. The first-order valence-corrected chi connectivity index (χ1v) is 15.8. The monoisotopic (exact) mass is 671 g/mol. The van der Waals surface area contributed by atoms with Gasteiger partial charge in [-0.25, -0.2) is 4.39 Å². The smallest absolute Gasteiger partial charge is 0.264 e. The van der Waals surface area contributed by atoms with E-state index in [1.54, 1.807) is 18.2 Å². The highest BCUT2D eigenvalue weighted by atomic mass is 19.1. The summed E-state index contributed by atoms with van der Waals surface area (Å²) in [7, 11) is 0. The highest BCUT2D eigenvalue weighted by molar-refractivity contribution is 6.25. The Morgan fingerprint density at radius 2 is 1.13 bits per heavy atom. The van der Waals surface area contributed by atoms with Crippen LogP contribution in [0.25, 0.3) is 0 Å². The van der Waals surface area contributed by atoms with Gasteiger partial charge in [0.25, 0.3) is 11.8 Å². The van der Waals surface area contributed by atoms with Crippen molar-refractivity contribution in [3.63, 3.8) is 0 Å². The number of nitrogens with one attached hydrogen (secondary N) is 2. The van der Waals surface area contributed by atoms with E-state index in [2.05, 4.69) is 10.6 Å². The van der Waals surface area contributed by atoms with Crippen molar-refractivity contribution in [2.45, 2.75) is 18.9 Å². The molecule has 1 aromatic rings. The molecule has 0 spiro atoms.